The summed E-state index contributed by atoms with van der Waals surface area (Å²) in [7, 11) is 0. The van der Waals surface area contributed by atoms with Crippen LogP contribution in [-0.2, 0) is 0 Å². The molecular formula is C16H16N4OS. The molecule has 22 heavy (non-hydrogen) atoms. The maximum Gasteiger partial charge on any atom is 0.262 e. The first-order valence-electron chi connectivity index (χ1n) is 6.92. The van der Waals surface area contributed by atoms with Gasteiger partial charge in [0.2, 0.25) is 0 Å². The van der Waals surface area contributed by atoms with Crippen molar-refractivity contribution in [3.63, 3.8) is 0 Å². The smallest absolute Gasteiger partial charge is 0.262 e. The van der Waals surface area contributed by atoms with Gasteiger partial charge < -0.3 is 4.42 Å². The maximum absolute atomic E-state index is 5.64. The Bertz CT molecular complexity index is 795. The van der Waals surface area contributed by atoms with Crippen LogP contribution < -0.4 is 0 Å². The number of pyridine rings is 1. The summed E-state index contributed by atoms with van der Waals surface area (Å²) in [5.41, 5.74) is 3.77. The molecule has 0 aliphatic rings. The zero-order valence-electron chi connectivity index (χ0n) is 12.9. The molecule has 0 saturated carbocycles. The number of aryl methyl sites for hydroxylation is 3. The van der Waals surface area contributed by atoms with Gasteiger partial charge in [0.05, 0.1) is 5.69 Å². The minimum Gasteiger partial charge on any atom is -0.436 e. The van der Waals surface area contributed by atoms with E-state index in [1.807, 2.05) is 39.8 Å². The molecule has 0 radical (unpaired) electrons. The van der Waals surface area contributed by atoms with E-state index in [0.29, 0.717) is 11.0 Å². The van der Waals surface area contributed by atoms with Crippen LogP contribution in [0.2, 0.25) is 0 Å². The molecule has 112 valence electrons. The van der Waals surface area contributed by atoms with Gasteiger partial charge in [-0.05, 0) is 51.6 Å². The molecule has 0 spiro atoms. The van der Waals surface area contributed by atoms with Gasteiger partial charge in [-0.2, -0.15) is 0 Å². The van der Waals surface area contributed by atoms with Crippen molar-refractivity contribution < 1.29 is 4.42 Å². The first-order valence-corrected chi connectivity index (χ1v) is 7.74. The molecule has 5 nitrogen and oxygen atoms in total. The molecule has 3 rings (SSSR count). The summed E-state index contributed by atoms with van der Waals surface area (Å²) in [5, 5.41) is 1.46. The molecule has 0 unspecified atom stereocenters. The molecule has 6 heteroatoms. The van der Waals surface area contributed by atoms with E-state index in [0.717, 1.165) is 33.3 Å². The Balaban J connectivity index is 2.02. The van der Waals surface area contributed by atoms with E-state index in [1.54, 1.807) is 12.4 Å². The second-order valence-electron chi connectivity index (χ2n) is 5.03. The number of hydrogen-bond acceptors (Lipinski definition) is 6. The first kappa shape index (κ1) is 14.7. The Morgan fingerprint density at radius 2 is 1.82 bits per heavy atom. The lowest BCUT2D eigenvalue weighted by atomic mass is 10.2. The Morgan fingerprint density at radius 1 is 1.00 bits per heavy atom. The molecule has 0 saturated heterocycles. The molecule has 0 aliphatic carbocycles. The first-order chi connectivity index (χ1) is 10.5. The largest absolute Gasteiger partial charge is 0.436 e. The van der Waals surface area contributed by atoms with Gasteiger partial charge in [0.25, 0.3) is 5.22 Å². The number of oxazole rings is 1. The molecule has 3 aromatic rings. The van der Waals surface area contributed by atoms with Crippen molar-refractivity contribution in [3.8, 4) is 11.4 Å². The number of hydrogen-bond donors (Lipinski definition) is 0. The van der Waals surface area contributed by atoms with Crippen LogP contribution in [0.1, 0.15) is 22.7 Å². The van der Waals surface area contributed by atoms with E-state index >= 15 is 0 Å². The van der Waals surface area contributed by atoms with Crippen molar-refractivity contribution in [3.05, 3.63) is 47.2 Å². The predicted molar refractivity (Wildman–Crippen MR) is 84.8 cm³/mol. The third-order valence-corrected chi connectivity index (χ3v) is 4.40. The summed E-state index contributed by atoms with van der Waals surface area (Å²) < 4.78 is 5.64. The van der Waals surface area contributed by atoms with E-state index < -0.39 is 0 Å². The SMILES string of the molecule is Cc1nc(Sc2nc(-c3cccnc3)nc(C)c2C)oc1C. The van der Waals surface area contributed by atoms with Gasteiger partial charge in [-0.15, -0.1) is 0 Å². The lowest BCUT2D eigenvalue weighted by Crippen LogP contribution is -1.98. The van der Waals surface area contributed by atoms with E-state index in [9.17, 15) is 0 Å². The zero-order chi connectivity index (χ0) is 15.7. The fraction of sp³-hybridized carbons (Fsp3) is 0.250. The van der Waals surface area contributed by atoms with E-state index in [-0.39, 0.29) is 0 Å². The van der Waals surface area contributed by atoms with Crippen molar-refractivity contribution in [2.24, 2.45) is 0 Å². The summed E-state index contributed by atoms with van der Waals surface area (Å²) in [6.07, 6.45) is 3.50. The van der Waals surface area contributed by atoms with E-state index in [1.165, 1.54) is 11.8 Å². The molecule has 0 amide bonds. The highest BCUT2D eigenvalue weighted by Gasteiger charge is 2.14. The van der Waals surface area contributed by atoms with Crippen molar-refractivity contribution in [2.45, 2.75) is 37.9 Å². The van der Waals surface area contributed by atoms with Gasteiger partial charge in [-0.1, -0.05) is 0 Å². The minimum atomic E-state index is 0.605. The molecule has 0 N–H and O–H groups in total. The summed E-state index contributed by atoms with van der Waals surface area (Å²) in [5.74, 6) is 1.50. The van der Waals surface area contributed by atoms with Crippen LogP contribution in [0.4, 0.5) is 0 Å². The highest BCUT2D eigenvalue weighted by Crippen LogP contribution is 2.31. The summed E-state index contributed by atoms with van der Waals surface area (Å²) >= 11 is 1.42. The quantitative estimate of drug-likeness (QED) is 0.683. The predicted octanol–water partition coefficient (Wildman–Crippen LogP) is 3.91. The third-order valence-electron chi connectivity index (χ3n) is 3.46. The average molecular weight is 312 g/mol. The van der Waals surface area contributed by atoms with Crippen LogP contribution in [0.15, 0.2) is 39.2 Å². The van der Waals surface area contributed by atoms with E-state index in [2.05, 4.69) is 19.9 Å². The fourth-order valence-corrected chi connectivity index (χ4v) is 2.84. The highest BCUT2D eigenvalue weighted by atomic mass is 32.2. The lowest BCUT2D eigenvalue weighted by Gasteiger charge is -2.08. The monoisotopic (exact) mass is 312 g/mol. The van der Waals surface area contributed by atoms with Crippen LogP contribution >= 0.6 is 11.8 Å². The van der Waals surface area contributed by atoms with Gasteiger partial charge >= 0.3 is 0 Å². The Kier molecular flexibility index (Phi) is 3.94. The number of aromatic nitrogens is 4. The molecule has 0 fully saturated rings. The summed E-state index contributed by atoms with van der Waals surface area (Å²) in [6, 6.07) is 3.83. The fourth-order valence-electron chi connectivity index (χ4n) is 1.90. The standard InChI is InChI=1S/C16H16N4OS/c1-9-10(2)18-14(13-6-5-7-17-8-13)20-15(9)22-16-19-11(3)12(4)21-16/h5-8H,1-4H3. The van der Waals surface area contributed by atoms with Crippen LogP contribution in [0.5, 0.6) is 0 Å². The molecule has 0 aromatic carbocycles. The van der Waals surface area contributed by atoms with Crippen LogP contribution in [-0.4, -0.2) is 19.9 Å². The van der Waals surface area contributed by atoms with Gasteiger partial charge in [0.1, 0.15) is 10.8 Å². The topological polar surface area (TPSA) is 64.7 Å². The molecule has 3 aromatic heterocycles. The Hall–Kier alpha value is -2.21. The van der Waals surface area contributed by atoms with Crippen LogP contribution in [0.3, 0.4) is 0 Å². The Morgan fingerprint density at radius 3 is 2.45 bits per heavy atom. The third kappa shape index (κ3) is 2.87. The van der Waals surface area contributed by atoms with Crippen molar-refractivity contribution in [1.82, 2.24) is 19.9 Å². The van der Waals surface area contributed by atoms with Gasteiger partial charge in [-0.25, -0.2) is 15.0 Å². The second-order valence-corrected chi connectivity index (χ2v) is 5.97. The van der Waals surface area contributed by atoms with Crippen molar-refractivity contribution in [2.75, 3.05) is 0 Å². The molecule has 0 bridgehead atoms. The van der Waals surface area contributed by atoms with Gasteiger partial charge in [0, 0.05) is 29.2 Å². The molecular weight excluding hydrogens is 296 g/mol. The molecule has 0 atom stereocenters. The average Bonchev–Trinajstić information content (AvgIpc) is 2.83. The van der Waals surface area contributed by atoms with Gasteiger partial charge in [0.15, 0.2) is 5.82 Å². The van der Waals surface area contributed by atoms with Crippen molar-refractivity contribution in [1.29, 1.82) is 0 Å². The second kappa shape index (κ2) is 5.88. The summed E-state index contributed by atoms with van der Waals surface area (Å²) in [4.78, 5) is 17.7. The highest BCUT2D eigenvalue weighted by molar-refractivity contribution is 7.99. The normalized spacial score (nSPS) is 10.9. The van der Waals surface area contributed by atoms with Crippen LogP contribution in [0, 0.1) is 27.7 Å². The Labute approximate surface area is 133 Å². The molecule has 3 heterocycles. The lowest BCUT2D eigenvalue weighted by molar-refractivity contribution is 0.431. The summed E-state index contributed by atoms with van der Waals surface area (Å²) in [6.45, 7) is 7.83. The van der Waals surface area contributed by atoms with Crippen molar-refractivity contribution >= 4 is 11.8 Å². The van der Waals surface area contributed by atoms with E-state index in [4.69, 9.17) is 4.42 Å². The van der Waals surface area contributed by atoms with Gasteiger partial charge in [-0.3, -0.25) is 4.98 Å². The maximum atomic E-state index is 5.64. The molecule has 0 aliphatic heterocycles. The minimum absolute atomic E-state index is 0.605. The number of nitrogens with zero attached hydrogens (tertiary/aromatic N) is 4. The van der Waals surface area contributed by atoms with Crippen LogP contribution in [0.25, 0.3) is 11.4 Å². The number of rotatable bonds is 3. The zero-order valence-corrected chi connectivity index (χ0v) is 13.7.